The summed E-state index contributed by atoms with van der Waals surface area (Å²) in [5, 5.41) is 3.31. The maximum absolute atomic E-state index is 11.8. The van der Waals surface area contributed by atoms with Crippen molar-refractivity contribution in [3.8, 4) is 0 Å². The van der Waals surface area contributed by atoms with E-state index >= 15 is 0 Å². The largest absolute Gasteiger partial charge is 0.459 e. The van der Waals surface area contributed by atoms with Crippen molar-refractivity contribution in [1.82, 2.24) is 5.32 Å². The van der Waals surface area contributed by atoms with Crippen LogP contribution in [-0.4, -0.2) is 23.7 Å². The van der Waals surface area contributed by atoms with Crippen LogP contribution in [0.3, 0.4) is 0 Å². The van der Waals surface area contributed by atoms with Crippen LogP contribution in [0, 0.1) is 5.92 Å². The molecule has 1 aliphatic rings. The van der Waals surface area contributed by atoms with Gasteiger partial charge < -0.3 is 10.1 Å². The number of esters is 1. The summed E-state index contributed by atoms with van der Waals surface area (Å²) in [6.07, 6.45) is 1.98. The van der Waals surface area contributed by atoms with Gasteiger partial charge in [0.05, 0.1) is 0 Å². The molecular weight excluding hydrogens is 190 g/mol. The molecule has 3 heteroatoms. The molecule has 3 nitrogen and oxygen atoms in total. The van der Waals surface area contributed by atoms with Crippen molar-refractivity contribution in [1.29, 1.82) is 0 Å². The van der Waals surface area contributed by atoms with Crippen molar-refractivity contribution in [2.45, 2.75) is 65.1 Å². The van der Waals surface area contributed by atoms with Crippen LogP contribution in [0.15, 0.2) is 0 Å². The van der Waals surface area contributed by atoms with Gasteiger partial charge in [-0.2, -0.15) is 0 Å². The highest BCUT2D eigenvalue weighted by atomic mass is 16.6. The van der Waals surface area contributed by atoms with Gasteiger partial charge in [-0.3, -0.25) is 4.79 Å². The molecule has 0 aromatic carbocycles. The van der Waals surface area contributed by atoms with Crippen LogP contribution in [0.5, 0.6) is 0 Å². The monoisotopic (exact) mass is 213 g/mol. The number of ether oxygens (including phenoxy) is 1. The van der Waals surface area contributed by atoms with E-state index in [1.54, 1.807) is 0 Å². The molecule has 0 radical (unpaired) electrons. The molecule has 0 saturated carbocycles. The third-order valence-electron chi connectivity index (χ3n) is 2.92. The van der Waals surface area contributed by atoms with E-state index in [0.29, 0.717) is 12.0 Å². The fourth-order valence-electron chi connectivity index (χ4n) is 1.80. The van der Waals surface area contributed by atoms with Gasteiger partial charge in [0.2, 0.25) is 0 Å². The lowest BCUT2D eigenvalue weighted by Crippen LogP contribution is -2.50. The highest BCUT2D eigenvalue weighted by Crippen LogP contribution is 2.21. The zero-order valence-corrected chi connectivity index (χ0v) is 10.5. The molecule has 15 heavy (non-hydrogen) atoms. The lowest BCUT2D eigenvalue weighted by Gasteiger charge is -2.33. The van der Waals surface area contributed by atoms with Gasteiger partial charge in [-0.05, 0) is 46.5 Å². The summed E-state index contributed by atoms with van der Waals surface area (Å²) in [5.41, 5.74) is -0.384. The van der Waals surface area contributed by atoms with Gasteiger partial charge in [-0.15, -0.1) is 0 Å². The van der Waals surface area contributed by atoms with Gasteiger partial charge in [0.1, 0.15) is 11.6 Å². The lowest BCUT2D eigenvalue weighted by atomic mass is 9.90. The minimum atomic E-state index is -0.384. The zero-order chi connectivity index (χ0) is 11.6. The van der Waals surface area contributed by atoms with Crippen molar-refractivity contribution < 1.29 is 9.53 Å². The van der Waals surface area contributed by atoms with Crippen LogP contribution >= 0.6 is 0 Å². The van der Waals surface area contributed by atoms with Crippen molar-refractivity contribution in [3.63, 3.8) is 0 Å². The van der Waals surface area contributed by atoms with Gasteiger partial charge in [0.15, 0.2) is 0 Å². The number of rotatable bonds is 1. The Morgan fingerprint density at radius 2 is 1.87 bits per heavy atom. The standard InChI is InChI=1S/C12H23NO2/c1-8-6-7-10(13-9(8)2)11(14)15-12(3,4)5/h8-10,13H,6-7H2,1-5H3. The van der Waals surface area contributed by atoms with E-state index in [2.05, 4.69) is 19.2 Å². The number of hydrogen-bond donors (Lipinski definition) is 1. The number of carbonyl (C=O) groups is 1. The van der Waals surface area contributed by atoms with Crippen LogP contribution < -0.4 is 5.32 Å². The molecule has 1 N–H and O–H groups in total. The number of hydrogen-bond acceptors (Lipinski definition) is 3. The summed E-state index contributed by atoms with van der Waals surface area (Å²) in [6, 6.07) is 0.284. The Bertz CT molecular complexity index is 232. The van der Waals surface area contributed by atoms with Crippen molar-refractivity contribution in [3.05, 3.63) is 0 Å². The molecule has 1 rings (SSSR count). The molecule has 1 heterocycles. The average molecular weight is 213 g/mol. The van der Waals surface area contributed by atoms with Gasteiger partial charge in [0, 0.05) is 6.04 Å². The Morgan fingerprint density at radius 3 is 2.33 bits per heavy atom. The highest BCUT2D eigenvalue weighted by molar-refractivity contribution is 5.76. The van der Waals surface area contributed by atoms with E-state index < -0.39 is 0 Å². The molecule has 0 aliphatic carbocycles. The number of carbonyl (C=O) groups excluding carboxylic acids is 1. The molecule has 88 valence electrons. The Morgan fingerprint density at radius 1 is 1.27 bits per heavy atom. The van der Waals surface area contributed by atoms with Crippen LogP contribution in [0.4, 0.5) is 0 Å². The third kappa shape index (κ3) is 3.82. The summed E-state index contributed by atoms with van der Waals surface area (Å²) in [7, 11) is 0. The second kappa shape index (κ2) is 4.52. The molecule has 3 unspecified atom stereocenters. The fraction of sp³-hybridized carbons (Fsp3) is 0.917. The smallest absolute Gasteiger partial charge is 0.323 e. The van der Waals surface area contributed by atoms with Crippen LogP contribution in [-0.2, 0) is 9.53 Å². The number of nitrogens with one attached hydrogen (secondary N) is 1. The van der Waals surface area contributed by atoms with Crippen LogP contribution in [0.2, 0.25) is 0 Å². The maximum Gasteiger partial charge on any atom is 0.323 e. The third-order valence-corrected chi connectivity index (χ3v) is 2.92. The highest BCUT2D eigenvalue weighted by Gasteiger charge is 2.31. The van der Waals surface area contributed by atoms with Crippen LogP contribution in [0.25, 0.3) is 0 Å². The molecule has 0 aromatic heterocycles. The van der Waals surface area contributed by atoms with Gasteiger partial charge in [-0.1, -0.05) is 6.92 Å². The van der Waals surface area contributed by atoms with Gasteiger partial charge in [-0.25, -0.2) is 0 Å². The summed E-state index contributed by atoms with van der Waals surface area (Å²) < 4.78 is 5.36. The molecule has 0 spiro atoms. The van der Waals surface area contributed by atoms with Gasteiger partial charge >= 0.3 is 5.97 Å². The van der Waals surface area contributed by atoms with Crippen molar-refractivity contribution in [2.75, 3.05) is 0 Å². The molecule has 0 aromatic rings. The van der Waals surface area contributed by atoms with E-state index in [0.717, 1.165) is 12.8 Å². The lowest BCUT2D eigenvalue weighted by molar-refractivity contribution is -0.158. The average Bonchev–Trinajstić information content (AvgIpc) is 2.06. The molecule has 1 saturated heterocycles. The van der Waals surface area contributed by atoms with E-state index in [1.165, 1.54) is 0 Å². The molecule has 3 atom stereocenters. The minimum Gasteiger partial charge on any atom is -0.459 e. The Balaban J connectivity index is 2.48. The second-order valence-corrected chi connectivity index (χ2v) is 5.60. The Labute approximate surface area is 92.6 Å². The molecule has 1 fully saturated rings. The Kier molecular flexibility index (Phi) is 3.77. The first kappa shape index (κ1) is 12.5. The fourth-order valence-corrected chi connectivity index (χ4v) is 1.80. The quantitative estimate of drug-likeness (QED) is 0.678. The summed E-state index contributed by atoms with van der Waals surface area (Å²) >= 11 is 0. The summed E-state index contributed by atoms with van der Waals surface area (Å²) in [6.45, 7) is 10.0. The first-order chi connectivity index (χ1) is 6.79. The number of piperidine rings is 1. The predicted molar refractivity (Wildman–Crippen MR) is 60.6 cm³/mol. The summed E-state index contributed by atoms with van der Waals surface area (Å²) in [5.74, 6) is 0.532. The minimum absolute atomic E-state index is 0.110. The van der Waals surface area contributed by atoms with E-state index in [1.807, 2.05) is 20.8 Å². The predicted octanol–water partition coefficient (Wildman–Crippen LogP) is 2.10. The maximum atomic E-state index is 11.8. The van der Waals surface area contributed by atoms with Crippen molar-refractivity contribution in [2.24, 2.45) is 5.92 Å². The van der Waals surface area contributed by atoms with Crippen molar-refractivity contribution >= 4 is 5.97 Å². The summed E-state index contributed by atoms with van der Waals surface area (Å²) in [4.78, 5) is 11.8. The zero-order valence-electron chi connectivity index (χ0n) is 10.5. The second-order valence-electron chi connectivity index (χ2n) is 5.60. The van der Waals surface area contributed by atoms with E-state index in [-0.39, 0.29) is 17.6 Å². The van der Waals surface area contributed by atoms with E-state index in [9.17, 15) is 4.79 Å². The first-order valence-electron chi connectivity index (χ1n) is 5.78. The Hall–Kier alpha value is -0.570. The molecule has 0 amide bonds. The van der Waals surface area contributed by atoms with Crippen LogP contribution in [0.1, 0.15) is 47.5 Å². The van der Waals surface area contributed by atoms with E-state index in [4.69, 9.17) is 4.74 Å². The first-order valence-corrected chi connectivity index (χ1v) is 5.78. The topological polar surface area (TPSA) is 38.3 Å². The molecule has 1 aliphatic heterocycles. The normalized spacial score (nSPS) is 32.5. The molecular formula is C12H23NO2. The molecule has 0 bridgehead atoms. The van der Waals surface area contributed by atoms with Gasteiger partial charge in [0.25, 0.3) is 0 Å². The SMILES string of the molecule is CC1CCC(C(=O)OC(C)(C)C)NC1C.